The Kier molecular flexibility index (Phi) is 5.53. The zero-order chi connectivity index (χ0) is 19.6. The average molecular weight is 406 g/mol. The molecule has 0 radical (unpaired) electrons. The van der Waals surface area contributed by atoms with Gasteiger partial charge in [0.2, 0.25) is 5.91 Å². The third-order valence-corrected chi connectivity index (χ3v) is 5.67. The molecule has 1 unspecified atom stereocenters. The molecule has 2 aromatic carbocycles. The zero-order valence-corrected chi connectivity index (χ0v) is 16.5. The molecule has 1 aliphatic heterocycles. The molecule has 142 valence electrons. The Morgan fingerprint density at radius 3 is 2.63 bits per heavy atom. The number of aliphatic imine (C=N–C) groups is 1. The number of sulfonamides is 1. The highest BCUT2D eigenvalue weighted by atomic mass is 35.5. The van der Waals surface area contributed by atoms with Gasteiger partial charge >= 0.3 is 0 Å². The van der Waals surface area contributed by atoms with E-state index in [2.05, 4.69) is 15.0 Å². The molecule has 1 heterocycles. The van der Waals surface area contributed by atoms with E-state index in [1.54, 1.807) is 42.5 Å². The summed E-state index contributed by atoms with van der Waals surface area (Å²) in [4.78, 5) is 17.4. The van der Waals surface area contributed by atoms with E-state index in [-0.39, 0.29) is 22.6 Å². The number of hydrogen-bond donors (Lipinski definition) is 2. The van der Waals surface area contributed by atoms with E-state index in [1.165, 1.54) is 6.07 Å². The van der Waals surface area contributed by atoms with Crippen LogP contribution in [0, 0.1) is 5.92 Å². The summed E-state index contributed by atoms with van der Waals surface area (Å²) < 4.78 is 27.0. The minimum Gasteiger partial charge on any atom is -0.324 e. The monoisotopic (exact) mass is 405 g/mol. The number of fused-ring (bicyclic) bond motifs is 1. The first kappa shape index (κ1) is 19.4. The van der Waals surface area contributed by atoms with Gasteiger partial charge in [-0.15, -0.1) is 0 Å². The van der Waals surface area contributed by atoms with Crippen LogP contribution >= 0.6 is 11.6 Å². The van der Waals surface area contributed by atoms with Crippen LogP contribution in [0.1, 0.15) is 25.8 Å². The highest BCUT2D eigenvalue weighted by molar-refractivity contribution is 7.90. The summed E-state index contributed by atoms with van der Waals surface area (Å²) in [5.74, 6) is 0.0669. The fraction of sp³-hybridized carbons (Fsp3) is 0.263. The molecule has 0 fully saturated rings. The molecule has 1 atom stereocenters. The summed E-state index contributed by atoms with van der Waals surface area (Å²) in [5.41, 5.74) is 1.04. The third-order valence-electron chi connectivity index (χ3n) is 4.04. The molecular formula is C19H20ClN3O3S. The smallest absolute Gasteiger partial charge is 0.263 e. The summed E-state index contributed by atoms with van der Waals surface area (Å²) >= 11 is 5.96. The van der Waals surface area contributed by atoms with Gasteiger partial charge in [0.05, 0.1) is 4.90 Å². The first-order valence-electron chi connectivity index (χ1n) is 8.53. The molecule has 0 saturated carbocycles. The van der Waals surface area contributed by atoms with Crippen molar-refractivity contribution in [3.05, 3.63) is 59.1 Å². The standard InChI is InChI=1S/C19H20ClN3O3S/c1-12(2)10-16(19(24)21-14-7-5-6-13(20)11-14)22-18-15-8-3-4-9-17(15)27(25,26)23-18/h3-9,11-12,16H,10H2,1-2H3,(H,21,24)(H,22,23). The van der Waals surface area contributed by atoms with Crippen molar-refractivity contribution in [1.82, 2.24) is 4.72 Å². The van der Waals surface area contributed by atoms with Crippen LogP contribution in [-0.2, 0) is 14.8 Å². The topological polar surface area (TPSA) is 87.6 Å². The summed E-state index contributed by atoms with van der Waals surface area (Å²) in [5, 5.41) is 3.31. The molecule has 6 nitrogen and oxygen atoms in total. The number of nitrogens with one attached hydrogen (secondary N) is 2. The first-order chi connectivity index (χ1) is 12.8. The molecule has 3 rings (SSSR count). The Morgan fingerprint density at radius 1 is 1.19 bits per heavy atom. The van der Waals surface area contributed by atoms with Crippen LogP contribution in [0.3, 0.4) is 0 Å². The molecule has 0 aromatic heterocycles. The van der Waals surface area contributed by atoms with Crippen molar-refractivity contribution < 1.29 is 13.2 Å². The lowest BCUT2D eigenvalue weighted by molar-refractivity contribution is -0.117. The second kappa shape index (κ2) is 7.70. The van der Waals surface area contributed by atoms with Crippen LogP contribution in [0.2, 0.25) is 5.02 Å². The maximum Gasteiger partial charge on any atom is 0.263 e. The lowest BCUT2D eigenvalue weighted by Crippen LogP contribution is -2.31. The van der Waals surface area contributed by atoms with Crippen LogP contribution in [0.15, 0.2) is 58.4 Å². The van der Waals surface area contributed by atoms with Crippen molar-refractivity contribution in [2.75, 3.05) is 5.32 Å². The second-order valence-electron chi connectivity index (χ2n) is 6.72. The number of anilines is 1. The number of nitrogens with zero attached hydrogens (tertiary/aromatic N) is 1. The van der Waals surface area contributed by atoms with Crippen LogP contribution in [0.5, 0.6) is 0 Å². The molecule has 2 N–H and O–H groups in total. The normalized spacial score (nSPS) is 17.4. The van der Waals surface area contributed by atoms with Crippen molar-refractivity contribution in [1.29, 1.82) is 0 Å². The molecule has 0 saturated heterocycles. The van der Waals surface area contributed by atoms with E-state index in [9.17, 15) is 13.2 Å². The summed E-state index contributed by atoms with van der Waals surface area (Å²) in [6.45, 7) is 3.96. The zero-order valence-electron chi connectivity index (χ0n) is 14.9. The van der Waals surface area contributed by atoms with Crippen LogP contribution in [-0.4, -0.2) is 26.2 Å². The van der Waals surface area contributed by atoms with Gasteiger partial charge in [0, 0.05) is 16.3 Å². The Labute approximate surface area is 163 Å². The van der Waals surface area contributed by atoms with E-state index in [0.717, 1.165) is 0 Å². The van der Waals surface area contributed by atoms with Crippen molar-refractivity contribution in [2.24, 2.45) is 10.9 Å². The fourth-order valence-corrected chi connectivity index (χ4v) is 4.27. The maximum atomic E-state index is 12.8. The van der Waals surface area contributed by atoms with E-state index < -0.39 is 16.1 Å². The molecule has 27 heavy (non-hydrogen) atoms. The minimum absolute atomic E-state index is 0.169. The lowest BCUT2D eigenvalue weighted by atomic mass is 10.0. The maximum absolute atomic E-state index is 12.8. The molecule has 8 heteroatoms. The predicted molar refractivity (Wildman–Crippen MR) is 107 cm³/mol. The third kappa shape index (κ3) is 4.48. The van der Waals surface area contributed by atoms with Gasteiger partial charge in [-0.1, -0.05) is 43.6 Å². The van der Waals surface area contributed by atoms with E-state index in [0.29, 0.717) is 22.7 Å². The van der Waals surface area contributed by atoms with Gasteiger partial charge in [-0.05, 0) is 42.7 Å². The van der Waals surface area contributed by atoms with Crippen LogP contribution < -0.4 is 10.0 Å². The largest absolute Gasteiger partial charge is 0.324 e. The highest BCUT2D eigenvalue weighted by Crippen LogP contribution is 2.24. The van der Waals surface area contributed by atoms with Crippen molar-refractivity contribution >= 4 is 39.1 Å². The highest BCUT2D eigenvalue weighted by Gasteiger charge is 2.32. The van der Waals surface area contributed by atoms with Gasteiger partial charge in [-0.25, -0.2) is 8.42 Å². The van der Waals surface area contributed by atoms with Crippen LogP contribution in [0.4, 0.5) is 5.69 Å². The van der Waals surface area contributed by atoms with E-state index in [4.69, 9.17) is 11.6 Å². The number of carbonyl (C=O) groups is 1. The Morgan fingerprint density at radius 2 is 1.93 bits per heavy atom. The molecular weight excluding hydrogens is 386 g/mol. The van der Waals surface area contributed by atoms with Gasteiger partial charge in [-0.2, -0.15) is 0 Å². The van der Waals surface area contributed by atoms with Gasteiger partial charge in [0.25, 0.3) is 10.0 Å². The summed E-state index contributed by atoms with van der Waals surface area (Å²) in [7, 11) is -3.65. The van der Waals surface area contributed by atoms with Gasteiger partial charge in [0.15, 0.2) is 0 Å². The number of benzene rings is 2. The number of rotatable bonds is 5. The number of amides is 1. The van der Waals surface area contributed by atoms with E-state index >= 15 is 0 Å². The average Bonchev–Trinajstić information content (AvgIpc) is 2.85. The summed E-state index contributed by atoms with van der Waals surface area (Å²) in [6.07, 6.45) is 0.472. The second-order valence-corrected chi connectivity index (χ2v) is 8.81. The van der Waals surface area contributed by atoms with Crippen molar-refractivity contribution in [3.63, 3.8) is 0 Å². The van der Waals surface area contributed by atoms with E-state index in [1.807, 2.05) is 13.8 Å². The molecule has 0 bridgehead atoms. The SMILES string of the molecule is CC(C)CC(N=C1NS(=O)(=O)c2ccccc21)C(=O)Nc1cccc(Cl)c1. The van der Waals surface area contributed by atoms with Gasteiger partial charge in [0.1, 0.15) is 11.9 Å². The van der Waals surface area contributed by atoms with Crippen molar-refractivity contribution in [3.8, 4) is 0 Å². The molecule has 1 aliphatic rings. The Balaban J connectivity index is 1.92. The summed E-state index contributed by atoms with van der Waals surface area (Å²) in [6, 6.07) is 12.7. The molecule has 0 spiro atoms. The quantitative estimate of drug-likeness (QED) is 0.798. The molecule has 2 aromatic rings. The predicted octanol–water partition coefficient (Wildman–Crippen LogP) is 3.43. The number of halogens is 1. The van der Waals surface area contributed by atoms with Gasteiger partial charge < -0.3 is 5.32 Å². The fourth-order valence-electron chi connectivity index (χ4n) is 2.84. The minimum atomic E-state index is -3.65. The Bertz CT molecular complexity index is 1000. The van der Waals surface area contributed by atoms with Crippen LogP contribution in [0.25, 0.3) is 0 Å². The lowest BCUT2D eigenvalue weighted by Gasteiger charge is -2.16. The van der Waals surface area contributed by atoms with Crippen molar-refractivity contribution in [2.45, 2.75) is 31.2 Å². The number of amidine groups is 1. The number of hydrogen-bond acceptors (Lipinski definition) is 4. The van der Waals surface area contributed by atoms with Gasteiger partial charge in [-0.3, -0.25) is 14.5 Å². The first-order valence-corrected chi connectivity index (χ1v) is 10.4. The Hall–Kier alpha value is -2.38. The number of carbonyl (C=O) groups excluding carboxylic acids is 1. The molecule has 1 amide bonds. The molecule has 0 aliphatic carbocycles.